The summed E-state index contributed by atoms with van der Waals surface area (Å²) in [6.45, 7) is 11.9. The first-order valence-electron chi connectivity index (χ1n) is 6.50. The minimum atomic E-state index is -0.828. The van der Waals surface area contributed by atoms with Crippen LogP contribution < -0.4 is 10.6 Å². The van der Waals surface area contributed by atoms with Crippen LogP contribution in [0.3, 0.4) is 0 Å². The highest BCUT2D eigenvalue weighted by Crippen LogP contribution is 2.19. The van der Waals surface area contributed by atoms with Crippen LogP contribution in [0.2, 0.25) is 0 Å². The van der Waals surface area contributed by atoms with E-state index >= 15 is 0 Å². The zero-order valence-electron chi connectivity index (χ0n) is 13.7. The standard InChI is InChI=1S/C13H29N3OS2.HI/c1-12(2,3)19(17)9-8-15-11(14-6)16-10-13(4,5)18-7;/h8-10H2,1-7H3,(H2,14,15,16);1H. The van der Waals surface area contributed by atoms with Crippen molar-refractivity contribution < 1.29 is 4.21 Å². The van der Waals surface area contributed by atoms with E-state index in [9.17, 15) is 4.21 Å². The molecule has 0 heterocycles. The van der Waals surface area contributed by atoms with Gasteiger partial charge < -0.3 is 10.6 Å². The molecule has 0 rings (SSSR count). The van der Waals surface area contributed by atoms with Crippen molar-refractivity contribution in [2.24, 2.45) is 4.99 Å². The molecule has 0 fully saturated rings. The van der Waals surface area contributed by atoms with Gasteiger partial charge >= 0.3 is 0 Å². The van der Waals surface area contributed by atoms with Crippen LogP contribution in [0.25, 0.3) is 0 Å². The van der Waals surface area contributed by atoms with Crippen LogP contribution in [-0.2, 0) is 10.8 Å². The van der Waals surface area contributed by atoms with Crippen molar-refractivity contribution in [1.29, 1.82) is 0 Å². The number of hydrogen-bond donors (Lipinski definition) is 2. The van der Waals surface area contributed by atoms with Crippen LogP contribution >= 0.6 is 35.7 Å². The average molecular weight is 435 g/mol. The summed E-state index contributed by atoms with van der Waals surface area (Å²) in [5.41, 5.74) is 0. The van der Waals surface area contributed by atoms with Crippen molar-refractivity contribution in [3.63, 3.8) is 0 Å². The average Bonchev–Trinajstić information content (AvgIpc) is 2.32. The highest BCUT2D eigenvalue weighted by molar-refractivity contribution is 14.0. The van der Waals surface area contributed by atoms with Gasteiger partial charge in [-0.15, -0.1) is 24.0 Å². The van der Waals surface area contributed by atoms with Gasteiger partial charge in [0, 0.05) is 46.2 Å². The molecule has 7 heteroatoms. The molecule has 1 atom stereocenters. The second-order valence-corrected chi connectivity index (χ2v) is 9.82. The van der Waals surface area contributed by atoms with E-state index in [1.165, 1.54) is 0 Å². The van der Waals surface area contributed by atoms with Crippen molar-refractivity contribution in [2.75, 3.05) is 32.1 Å². The SMILES string of the molecule is CN=C(NCCS(=O)C(C)(C)C)NCC(C)(C)SC.I. The van der Waals surface area contributed by atoms with Crippen LogP contribution in [0.4, 0.5) is 0 Å². The van der Waals surface area contributed by atoms with Crippen molar-refractivity contribution in [3.05, 3.63) is 0 Å². The van der Waals surface area contributed by atoms with Crippen molar-refractivity contribution in [1.82, 2.24) is 10.6 Å². The zero-order chi connectivity index (χ0) is 15.1. The Hall–Kier alpha value is 0.500. The summed E-state index contributed by atoms with van der Waals surface area (Å²) in [5, 5.41) is 6.50. The molecule has 0 radical (unpaired) electrons. The number of guanidine groups is 1. The lowest BCUT2D eigenvalue weighted by Gasteiger charge is -2.24. The van der Waals surface area contributed by atoms with E-state index in [1.54, 1.807) is 7.05 Å². The fourth-order valence-electron chi connectivity index (χ4n) is 1.16. The molecule has 0 spiro atoms. The van der Waals surface area contributed by atoms with Gasteiger partial charge in [-0.05, 0) is 40.9 Å². The van der Waals surface area contributed by atoms with Crippen molar-refractivity contribution >= 4 is 52.5 Å². The molecule has 0 aromatic heterocycles. The molecule has 0 aliphatic rings. The molecule has 0 aliphatic carbocycles. The van der Waals surface area contributed by atoms with E-state index in [0.717, 1.165) is 12.5 Å². The molecule has 0 saturated carbocycles. The maximum absolute atomic E-state index is 11.9. The lowest BCUT2D eigenvalue weighted by Crippen LogP contribution is -2.44. The van der Waals surface area contributed by atoms with Crippen LogP contribution in [0.1, 0.15) is 34.6 Å². The fraction of sp³-hybridized carbons (Fsp3) is 0.923. The Balaban J connectivity index is 0. The normalized spacial score (nSPS) is 14.4. The number of aliphatic imine (C=N–C) groups is 1. The predicted octanol–water partition coefficient (Wildman–Crippen LogP) is 2.46. The highest BCUT2D eigenvalue weighted by Gasteiger charge is 2.19. The van der Waals surface area contributed by atoms with Gasteiger partial charge in [-0.2, -0.15) is 11.8 Å². The minimum Gasteiger partial charge on any atom is -0.355 e. The largest absolute Gasteiger partial charge is 0.355 e. The molecule has 0 aromatic carbocycles. The monoisotopic (exact) mass is 435 g/mol. The Morgan fingerprint density at radius 3 is 2.15 bits per heavy atom. The summed E-state index contributed by atoms with van der Waals surface area (Å²) >= 11 is 1.82. The number of thioether (sulfide) groups is 1. The van der Waals surface area contributed by atoms with Gasteiger partial charge in [0.2, 0.25) is 0 Å². The van der Waals surface area contributed by atoms with Crippen LogP contribution in [-0.4, -0.2) is 51.8 Å². The highest BCUT2D eigenvalue weighted by atomic mass is 127. The van der Waals surface area contributed by atoms with Gasteiger partial charge in [-0.1, -0.05) is 0 Å². The first-order chi connectivity index (χ1) is 8.62. The first kappa shape index (κ1) is 22.8. The molecule has 4 nitrogen and oxygen atoms in total. The van der Waals surface area contributed by atoms with E-state index in [-0.39, 0.29) is 33.5 Å². The third-order valence-corrected chi connectivity index (χ3v) is 5.91. The zero-order valence-corrected chi connectivity index (χ0v) is 17.7. The molecule has 0 aromatic rings. The molecule has 2 N–H and O–H groups in total. The van der Waals surface area contributed by atoms with Crippen molar-refractivity contribution in [3.8, 4) is 0 Å². The van der Waals surface area contributed by atoms with Gasteiger partial charge in [0.15, 0.2) is 5.96 Å². The van der Waals surface area contributed by atoms with Crippen LogP contribution in [0.15, 0.2) is 4.99 Å². The van der Waals surface area contributed by atoms with E-state index in [0.29, 0.717) is 12.3 Å². The molecular weight excluding hydrogens is 405 g/mol. The van der Waals surface area contributed by atoms with E-state index in [1.807, 2.05) is 32.5 Å². The third kappa shape index (κ3) is 10.3. The van der Waals surface area contributed by atoms with Gasteiger partial charge in [0.25, 0.3) is 0 Å². The number of rotatable bonds is 6. The van der Waals surface area contributed by atoms with Crippen LogP contribution in [0, 0.1) is 0 Å². The van der Waals surface area contributed by atoms with Crippen molar-refractivity contribution in [2.45, 2.75) is 44.1 Å². The molecule has 0 aliphatic heterocycles. The lowest BCUT2D eigenvalue weighted by molar-refractivity contribution is 0.645. The molecule has 1 unspecified atom stereocenters. The Morgan fingerprint density at radius 1 is 1.20 bits per heavy atom. The van der Waals surface area contributed by atoms with E-state index in [4.69, 9.17) is 0 Å². The summed E-state index contributed by atoms with van der Waals surface area (Å²) in [5.74, 6) is 1.41. The molecular formula is C13H30IN3OS2. The Labute approximate surface area is 148 Å². The smallest absolute Gasteiger partial charge is 0.191 e. The van der Waals surface area contributed by atoms with Crippen LogP contribution in [0.5, 0.6) is 0 Å². The Bertz CT molecular complexity index is 328. The van der Waals surface area contributed by atoms with E-state index in [2.05, 4.69) is 35.7 Å². The number of nitrogens with zero attached hydrogens (tertiary/aromatic N) is 1. The minimum absolute atomic E-state index is 0. The van der Waals surface area contributed by atoms with Gasteiger partial charge in [-0.25, -0.2) is 0 Å². The number of halogens is 1. The van der Waals surface area contributed by atoms with Gasteiger partial charge in [-0.3, -0.25) is 9.20 Å². The second-order valence-electron chi connectivity index (χ2n) is 5.98. The summed E-state index contributed by atoms with van der Waals surface area (Å²) in [6, 6.07) is 0. The molecule has 0 saturated heterocycles. The number of hydrogen-bond acceptors (Lipinski definition) is 3. The Morgan fingerprint density at radius 2 is 1.75 bits per heavy atom. The lowest BCUT2D eigenvalue weighted by atomic mass is 10.2. The Kier molecular flexibility index (Phi) is 11.7. The maximum atomic E-state index is 11.9. The number of nitrogens with one attached hydrogen (secondary N) is 2. The third-order valence-electron chi connectivity index (χ3n) is 2.72. The molecule has 0 bridgehead atoms. The van der Waals surface area contributed by atoms with Gasteiger partial charge in [0.05, 0.1) is 0 Å². The summed E-state index contributed by atoms with van der Waals surface area (Å²) in [6.07, 6.45) is 2.10. The molecule has 122 valence electrons. The molecule has 20 heavy (non-hydrogen) atoms. The quantitative estimate of drug-likeness (QED) is 0.383. The topological polar surface area (TPSA) is 53.5 Å². The summed E-state index contributed by atoms with van der Waals surface area (Å²) in [7, 11) is 0.924. The molecule has 0 amide bonds. The summed E-state index contributed by atoms with van der Waals surface area (Å²) in [4.78, 5) is 4.17. The predicted molar refractivity (Wildman–Crippen MR) is 105 cm³/mol. The fourth-order valence-corrected chi connectivity index (χ4v) is 2.27. The maximum Gasteiger partial charge on any atom is 0.191 e. The summed E-state index contributed by atoms with van der Waals surface area (Å²) < 4.78 is 11.9. The van der Waals surface area contributed by atoms with E-state index < -0.39 is 10.8 Å². The van der Waals surface area contributed by atoms with Gasteiger partial charge in [0.1, 0.15) is 0 Å². The second kappa shape index (κ2) is 10.3. The first-order valence-corrected chi connectivity index (χ1v) is 9.05.